The van der Waals surface area contributed by atoms with Crippen LogP contribution in [-0.4, -0.2) is 96.7 Å². The minimum absolute atomic E-state index is 0.108. The Morgan fingerprint density at radius 3 is 0.673 bits per heavy atom. The molecule has 2 unspecified atom stereocenters. The zero-order valence-electron chi connectivity index (χ0n) is 66.4. The Labute approximate surface area is 619 Å². The third-order valence-corrected chi connectivity index (χ3v) is 21.0. The van der Waals surface area contributed by atoms with E-state index >= 15 is 0 Å². The van der Waals surface area contributed by atoms with E-state index in [0.717, 1.165) is 108 Å². The first-order valence-corrected chi connectivity index (χ1v) is 45.3. The molecule has 0 spiro atoms. The summed E-state index contributed by atoms with van der Waals surface area (Å²) in [7, 11) is -9.92. The predicted molar refractivity (Wildman–Crippen MR) is 414 cm³/mol. The first-order chi connectivity index (χ1) is 48.7. The highest BCUT2D eigenvalue weighted by Gasteiger charge is 2.30. The molecule has 17 nitrogen and oxygen atoms in total. The number of hydrogen-bond acceptors (Lipinski definition) is 15. The first kappa shape index (κ1) is 99.1. The number of aliphatic hydroxyl groups is 1. The van der Waals surface area contributed by atoms with Crippen molar-refractivity contribution in [2.45, 2.75) is 446 Å². The first-order valence-electron chi connectivity index (χ1n) is 42.3. The Kier molecular flexibility index (Phi) is 70.9. The van der Waals surface area contributed by atoms with E-state index in [4.69, 9.17) is 37.0 Å². The minimum atomic E-state index is -4.96. The van der Waals surface area contributed by atoms with E-state index in [2.05, 4.69) is 48.5 Å². The second-order valence-corrected chi connectivity index (χ2v) is 33.8. The summed E-state index contributed by atoms with van der Waals surface area (Å²) in [6, 6.07) is 0. The molecule has 3 N–H and O–H groups in total. The molecule has 0 aromatic heterocycles. The topological polar surface area (TPSA) is 237 Å². The molecular weight excluding hydrogens is 1320 g/mol. The van der Waals surface area contributed by atoms with Crippen molar-refractivity contribution in [2.24, 2.45) is 17.8 Å². The number of carbonyl (C=O) groups is 4. The van der Waals surface area contributed by atoms with Gasteiger partial charge in [-0.05, 0) is 43.4 Å². The molecule has 101 heavy (non-hydrogen) atoms. The van der Waals surface area contributed by atoms with Gasteiger partial charge in [0.15, 0.2) is 12.2 Å². The molecule has 600 valence electrons. The molecule has 0 saturated heterocycles. The van der Waals surface area contributed by atoms with Crippen LogP contribution in [0, 0.1) is 17.8 Å². The van der Waals surface area contributed by atoms with Crippen molar-refractivity contribution < 1.29 is 80.2 Å². The number of esters is 4. The number of rotatable bonds is 80. The molecule has 0 aliphatic carbocycles. The van der Waals surface area contributed by atoms with Crippen molar-refractivity contribution in [3.8, 4) is 0 Å². The fourth-order valence-corrected chi connectivity index (χ4v) is 14.2. The Hall–Kier alpha value is -1.94. The summed E-state index contributed by atoms with van der Waals surface area (Å²) in [5.41, 5.74) is 0. The number of ether oxygens (including phenoxy) is 4. The van der Waals surface area contributed by atoms with Gasteiger partial charge in [-0.15, -0.1) is 0 Å². The Bertz CT molecular complexity index is 1960. The molecule has 0 radical (unpaired) electrons. The maximum Gasteiger partial charge on any atom is 0.472 e. The lowest BCUT2D eigenvalue weighted by Gasteiger charge is -2.21. The highest BCUT2D eigenvalue weighted by atomic mass is 31.2. The molecular formula is C82H160O17P2. The molecule has 0 aliphatic rings. The van der Waals surface area contributed by atoms with E-state index < -0.39 is 97.5 Å². The van der Waals surface area contributed by atoms with Crippen LogP contribution in [0.3, 0.4) is 0 Å². The number of hydrogen-bond donors (Lipinski definition) is 3. The third-order valence-electron chi connectivity index (χ3n) is 19.1. The summed E-state index contributed by atoms with van der Waals surface area (Å²) >= 11 is 0. The summed E-state index contributed by atoms with van der Waals surface area (Å²) in [5.74, 6) is 0.212. The monoisotopic (exact) mass is 1480 g/mol. The number of unbranched alkanes of at least 4 members (excludes halogenated alkanes) is 48. The van der Waals surface area contributed by atoms with Crippen LogP contribution in [0.1, 0.15) is 427 Å². The van der Waals surface area contributed by atoms with Gasteiger partial charge in [-0.25, -0.2) is 9.13 Å². The fourth-order valence-electron chi connectivity index (χ4n) is 12.7. The van der Waals surface area contributed by atoms with Crippen molar-refractivity contribution in [1.29, 1.82) is 0 Å². The van der Waals surface area contributed by atoms with Crippen LogP contribution in [0.25, 0.3) is 0 Å². The van der Waals surface area contributed by atoms with Gasteiger partial charge in [-0.1, -0.05) is 376 Å². The van der Waals surface area contributed by atoms with E-state index in [0.29, 0.717) is 25.7 Å². The average Bonchev–Trinajstić information content (AvgIpc) is 0.924. The molecule has 0 aromatic carbocycles. The van der Waals surface area contributed by atoms with Gasteiger partial charge < -0.3 is 33.8 Å². The van der Waals surface area contributed by atoms with Gasteiger partial charge in [0.25, 0.3) is 0 Å². The molecule has 0 rings (SSSR count). The van der Waals surface area contributed by atoms with Crippen LogP contribution < -0.4 is 0 Å². The molecule has 0 heterocycles. The van der Waals surface area contributed by atoms with Crippen molar-refractivity contribution in [3.63, 3.8) is 0 Å². The van der Waals surface area contributed by atoms with Crippen molar-refractivity contribution in [1.82, 2.24) is 0 Å². The van der Waals surface area contributed by atoms with Crippen molar-refractivity contribution in [3.05, 3.63) is 0 Å². The van der Waals surface area contributed by atoms with Crippen LogP contribution in [0.2, 0.25) is 0 Å². The third kappa shape index (κ3) is 76.1. The molecule has 0 saturated carbocycles. The second kappa shape index (κ2) is 72.3. The maximum atomic E-state index is 13.1. The van der Waals surface area contributed by atoms with E-state index in [1.807, 2.05) is 0 Å². The Morgan fingerprint density at radius 1 is 0.267 bits per heavy atom. The van der Waals surface area contributed by atoms with Crippen LogP contribution in [-0.2, 0) is 65.4 Å². The SMILES string of the molecule is CCCCCCCCCCCCCCCCCCC(=O)O[C@H](COC(=O)CCCCCCCCCCC(C)C)COP(=O)(O)OC[C@H](O)COP(=O)(O)OC[C@@H](COC(=O)CCCCCCCCCCCCCCCC(C)C)OC(=O)CCCCCCCCCCCCCCCCCC(C)C. The molecule has 0 amide bonds. The number of carbonyl (C=O) groups excluding carboxylic acids is 4. The van der Waals surface area contributed by atoms with E-state index in [1.54, 1.807) is 0 Å². The lowest BCUT2D eigenvalue weighted by Crippen LogP contribution is -2.30. The van der Waals surface area contributed by atoms with Crippen LogP contribution in [0.15, 0.2) is 0 Å². The largest absolute Gasteiger partial charge is 0.472 e. The molecule has 5 atom stereocenters. The van der Waals surface area contributed by atoms with E-state index in [9.17, 15) is 43.2 Å². The van der Waals surface area contributed by atoms with Crippen molar-refractivity contribution in [2.75, 3.05) is 39.6 Å². The fraction of sp³-hybridized carbons (Fsp3) is 0.951. The Balaban J connectivity index is 5.26. The zero-order chi connectivity index (χ0) is 74.4. The summed E-state index contributed by atoms with van der Waals surface area (Å²) in [4.78, 5) is 73.1. The standard InChI is InChI=1S/C82H160O17P2/c1-8-9-10-11-12-13-14-15-16-19-24-30-35-44-51-58-65-82(87)99-78(70-93-80(85)64-57-50-43-38-37-41-48-55-62-75(6)7)72-97-101(90,91)95-68-76(83)67-94-100(88,89)96-71-77(69-92-79(84)63-56-49-42-34-29-26-21-23-28-33-40-47-54-61-74(4)5)98-81(86)66-59-52-45-36-31-25-20-17-18-22-27-32-39-46-53-60-73(2)3/h73-78,83H,8-72H2,1-7H3,(H,88,89)(H,90,91)/t76-,77-,78-/m1/s1. The van der Waals surface area contributed by atoms with E-state index in [-0.39, 0.29) is 25.7 Å². The highest BCUT2D eigenvalue weighted by molar-refractivity contribution is 7.47. The second-order valence-electron chi connectivity index (χ2n) is 30.9. The molecule has 0 fully saturated rings. The molecule has 0 bridgehead atoms. The lowest BCUT2D eigenvalue weighted by molar-refractivity contribution is -0.161. The van der Waals surface area contributed by atoms with Gasteiger partial charge in [0, 0.05) is 25.7 Å². The van der Waals surface area contributed by atoms with Gasteiger partial charge in [0.05, 0.1) is 26.4 Å². The minimum Gasteiger partial charge on any atom is -0.462 e. The quantitative estimate of drug-likeness (QED) is 0.0222. The van der Waals surface area contributed by atoms with Crippen LogP contribution in [0.5, 0.6) is 0 Å². The molecule has 0 aromatic rings. The summed E-state index contributed by atoms with van der Waals surface area (Å²) in [5, 5.41) is 10.7. The van der Waals surface area contributed by atoms with Crippen LogP contribution in [0.4, 0.5) is 0 Å². The summed E-state index contributed by atoms with van der Waals surface area (Å²) in [6.07, 6.45) is 61.0. The zero-order valence-corrected chi connectivity index (χ0v) is 68.2. The predicted octanol–water partition coefficient (Wildman–Crippen LogP) is 24.5. The summed E-state index contributed by atoms with van der Waals surface area (Å²) in [6.45, 7) is 12.0. The normalized spacial score (nSPS) is 14.0. The van der Waals surface area contributed by atoms with Gasteiger partial charge in [0.1, 0.15) is 19.3 Å². The lowest BCUT2D eigenvalue weighted by atomic mass is 10.0. The number of phosphoric acid groups is 2. The molecule has 0 aliphatic heterocycles. The Morgan fingerprint density at radius 2 is 0.455 bits per heavy atom. The number of phosphoric ester groups is 2. The average molecular weight is 1480 g/mol. The highest BCUT2D eigenvalue weighted by Crippen LogP contribution is 2.45. The molecule has 19 heteroatoms. The number of aliphatic hydroxyl groups excluding tert-OH is 1. The van der Waals surface area contributed by atoms with Crippen molar-refractivity contribution >= 4 is 39.5 Å². The van der Waals surface area contributed by atoms with Gasteiger partial charge in [0.2, 0.25) is 0 Å². The smallest absolute Gasteiger partial charge is 0.462 e. The van der Waals surface area contributed by atoms with Gasteiger partial charge in [-0.2, -0.15) is 0 Å². The van der Waals surface area contributed by atoms with Gasteiger partial charge in [-0.3, -0.25) is 37.3 Å². The van der Waals surface area contributed by atoms with Crippen LogP contribution >= 0.6 is 15.6 Å². The van der Waals surface area contributed by atoms with E-state index in [1.165, 1.54) is 238 Å². The summed E-state index contributed by atoms with van der Waals surface area (Å²) < 4.78 is 68.8. The van der Waals surface area contributed by atoms with Gasteiger partial charge >= 0.3 is 39.5 Å². The maximum absolute atomic E-state index is 13.1.